The molecule has 0 aliphatic rings. The van der Waals surface area contributed by atoms with Gasteiger partial charge in [0, 0.05) is 0 Å². The first-order valence-corrected chi connectivity index (χ1v) is 4.90. The van der Waals surface area contributed by atoms with Crippen molar-refractivity contribution in [2.24, 2.45) is 0 Å². The van der Waals surface area contributed by atoms with E-state index in [2.05, 4.69) is 16.6 Å². The van der Waals surface area contributed by atoms with Gasteiger partial charge in [0.25, 0.3) is 0 Å². The lowest BCUT2D eigenvalue weighted by atomic mass is 10.1. The fourth-order valence-corrected chi connectivity index (χ4v) is 1.25. The number of aliphatic carboxylic acids is 1. The van der Waals surface area contributed by atoms with Gasteiger partial charge >= 0.3 is 12.0 Å². The van der Waals surface area contributed by atoms with Crippen molar-refractivity contribution in [3.05, 3.63) is 35.9 Å². The maximum Gasteiger partial charge on any atom is 0.330 e. The van der Waals surface area contributed by atoms with Gasteiger partial charge in [-0.3, -0.25) is 0 Å². The lowest BCUT2D eigenvalue weighted by Crippen LogP contribution is -2.40. The molecule has 1 aromatic rings. The smallest absolute Gasteiger partial charge is 0.330 e. The molecule has 0 spiro atoms. The highest BCUT2D eigenvalue weighted by Gasteiger charge is 2.21. The fraction of sp³-hybridized carbons (Fsp3) is 0.167. The van der Waals surface area contributed by atoms with Crippen LogP contribution < -0.4 is 10.6 Å². The zero-order valence-corrected chi connectivity index (χ0v) is 9.01. The number of amides is 2. The number of carboxylic acids is 1. The number of carboxylic acid groups (broad SMARTS) is 1. The van der Waals surface area contributed by atoms with E-state index in [9.17, 15) is 9.59 Å². The van der Waals surface area contributed by atoms with Gasteiger partial charge in [0.2, 0.25) is 0 Å². The van der Waals surface area contributed by atoms with Crippen molar-refractivity contribution >= 4 is 12.0 Å². The Hall–Kier alpha value is -2.48. The van der Waals surface area contributed by atoms with Gasteiger partial charge in [0.05, 0.1) is 6.54 Å². The molecule has 0 aliphatic carbocycles. The van der Waals surface area contributed by atoms with E-state index in [1.54, 1.807) is 30.3 Å². The molecule has 2 amide bonds. The molecule has 3 N–H and O–H groups in total. The van der Waals surface area contributed by atoms with Crippen molar-refractivity contribution in [2.45, 2.75) is 6.04 Å². The Bertz CT molecular complexity index is 437. The van der Waals surface area contributed by atoms with E-state index in [1.165, 1.54) is 0 Å². The molecule has 0 radical (unpaired) electrons. The number of benzene rings is 1. The first-order valence-electron chi connectivity index (χ1n) is 4.90. The second kappa shape index (κ2) is 6.18. The van der Waals surface area contributed by atoms with Gasteiger partial charge in [0.1, 0.15) is 0 Å². The monoisotopic (exact) mass is 232 g/mol. The molecule has 17 heavy (non-hydrogen) atoms. The van der Waals surface area contributed by atoms with Crippen LogP contribution in [0.5, 0.6) is 0 Å². The van der Waals surface area contributed by atoms with Crippen molar-refractivity contribution in [2.75, 3.05) is 6.54 Å². The van der Waals surface area contributed by atoms with Gasteiger partial charge in [-0.15, -0.1) is 6.42 Å². The van der Waals surface area contributed by atoms with Gasteiger partial charge in [-0.2, -0.15) is 0 Å². The molecular formula is C12H12N2O3. The summed E-state index contributed by atoms with van der Waals surface area (Å²) in [6.45, 7) is 0.0486. The molecule has 0 bridgehead atoms. The van der Waals surface area contributed by atoms with E-state index in [-0.39, 0.29) is 6.54 Å². The third-order valence-corrected chi connectivity index (χ3v) is 2.01. The summed E-state index contributed by atoms with van der Waals surface area (Å²) in [5, 5.41) is 13.7. The summed E-state index contributed by atoms with van der Waals surface area (Å²) in [6, 6.07) is 6.72. The van der Waals surface area contributed by atoms with E-state index in [0.29, 0.717) is 5.56 Å². The second-order valence-corrected chi connectivity index (χ2v) is 3.21. The van der Waals surface area contributed by atoms with Crippen LogP contribution in [0.4, 0.5) is 4.79 Å². The fourth-order valence-electron chi connectivity index (χ4n) is 1.25. The lowest BCUT2D eigenvalue weighted by molar-refractivity contribution is -0.139. The van der Waals surface area contributed by atoms with Gasteiger partial charge in [-0.25, -0.2) is 9.59 Å². The molecule has 0 saturated heterocycles. The van der Waals surface area contributed by atoms with Crippen LogP contribution >= 0.6 is 0 Å². The Morgan fingerprint density at radius 1 is 1.35 bits per heavy atom. The maximum absolute atomic E-state index is 11.3. The molecule has 5 heteroatoms. The topological polar surface area (TPSA) is 78.4 Å². The predicted octanol–water partition coefficient (Wildman–Crippen LogP) is 0.745. The van der Waals surface area contributed by atoms with Gasteiger partial charge < -0.3 is 15.7 Å². The van der Waals surface area contributed by atoms with Crippen LogP contribution in [0.1, 0.15) is 11.6 Å². The van der Waals surface area contributed by atoms with Crippen molar-refractivity contribution in [3.8, 4) is 12.3 Å². The summed E-state index contributed by atoms with van der Waals surface area (Å²) in [7, 11) is 0. The Kier molecular flexibility index (Phi) is 4.58. The summed E-state index contributed by atoms with van der Waals surface area (Å²) < 4.78 is 0. The Morgan fingerprint density at radius 3 is 2.53 bits per heavy atom. The predicted molar refractivity (Wildman–Crippen MR) is 62.2 cm³/mol. The Morgan fingerprint density at radius 2 is 2.00 bits per heavy atom. The number of terminal acetylenes is 1. The van der Waals surface area contributed by atoms with Crippen LogP contribution in [0.15, 0.2) is 30.3 Å². The molecular weight excluding hydrogens is 220 g/mol. The minimum atomic E-state index is -1.13. The highest BCUT2D eigenvalue weighted by Crippen LogP contribution is 2.12. The summed E-state index contributed by atoms with van der Waals surface area (Å²) >= 11 is 0. The van der Waals surface area contributed by atoms with Crippen LogP contribution in [0, 0.1) is 12.3 Å². The largest absolute Gasteiger partial charge is 0.479 e. The highest BCUT2D eigenvalue weighted by atomic mass is 16.4. The van der Waals surface area contributed by atoms with Crippen molar-refractivity contribution in [1.82, 2.24) is 10.6 Å². The third-order valence-electron chi connectivity index (χ3n) is 2.01. The molecule has 1 aromatic carbocycles. The SMILES string of the molecule is C#CCNC(=O)N[C@@H](C(=O)O)c1ccccc1. The zero-order valence-electron chi connectivity index (χ0n) is 9.01. The quantitative estimate of drug-likeness (QED) is 0.670. The van der Waals surface area contributed by atoms with Crippen LogP contribution in [-0.4, -0.2) is 23.7 Å². The Balaban J connectivity index is 2.72. The van der Waals surface area contributed by atoms with E-state index in [0.717, 1.165) is 0 Å². The van der Waals surface area contributed by atoms with Gasteiger partial charge in [-0.1, -0.05) is 36.3 Å². The molecule has 0 saturated carbocycles. The normalized spacial score (nSPS) is 11.0. The number of hydrogen-bond donors (Lipinski definition) is 3. The number of rotatable bonds is 4. The van der Waals surface area contributed by atoms with E-state index < -0.39 is 18.0 Å². The van der Waals surface area contributed by atoms with Crippen molar-refractivity contribution in [3.63, 3.8) is 0 Å². The highest BCUT2D eigenvalue weighted by molar-refractivity contribution is 5.83. The molecule has 0 aromatic heterocycles. The number of carbonyl (C=O) groups excluding carboxylic acids is 1. The molecule has 0 fully saturated rings. The Labute approximate surface area is 98.8 Å². The summed E-state index contributed by atoms with van der Waals surface area (Å²) in [5.74, 6) is 1.09. The lowest BCUT2D eigenvalue weighted by Gasteiger charge is -2.14. The van der Waals surface area contributed by atoms with Crippen LogP contribution in [0.25, 0.3) is 0 Å². The van der Waals surface area contributed by atoms with E-state index in [4.69, 9.17) is 11.5 Å². The van der Waals surface area contributed by atoms with Crippen LogP contribution in [0.3, 0.4) is 0 Å². The van der Waals surface area contributed by atoms with Crippen molar-refractivity contribution < 1.29 is 14.7 Å². The van der Waals surface area contributed by atoms with Crippen LogP contribution in [0.2, 0.25) is 0 Å². The van der Waals surface area contributed by atoms with E-state index in [1.807, 2.05) is 0 Å². The first-order chi connectivity index (χ1) is 8.15. The molecule has 5 nitrogen and oxygen atoms in total. The molecule has 0 unspecified atom stereocenters. The van der Waals surface area contributed by atoms with Crippen molar-refractivity contribution in [1.29, 1.82) is 0 Å². The number of urea groups is 1. The molecule has 1 rings (SSSR count). The summed E-state index contributed by atoms with van der Waals surface area (Å²) in [4.78, 5) is 22.3. The van der Waals surface area contributed by atoms with Gasteiger partial charge in [0.15, 0.2) is 6.04 Å². The van der Waals surface area contributed by atoms with Gasteiger partial charge in [-0.05, 0) is 5.56 Å². The zero-order chi connectivity index (χ0) is 12.7. The average molecular weight is 232 g/mol. The average Bonchev–Trinajstić information content (AvgIpc) is 2.34. The minimum absolute atomic E-state index is 0.0486. The van der Waals surface area contributed by atoms with E-state index >= 15 is 0 Å². The van der Waals surface area contributed by atoms with Crippen LogP contribution in [-0.2, 0) is 4.79 Å². The molecule has 1 atom stereocenters. The molecule has 0 heterocycles. The first kappa shape index (κ1) is 12.6. The number of carbonyl (C=O) groups is 2. The molecule has 0 aliphatic heterocycles. The maximum atomic E-state index is 11.3. The number of nitrogens with one attached hydrogen (secondary N) is 2. The summed E-state index contributed by atoms with van der Waals surface area (Å²) in [5.41, 5.74) is 0.496. The minimum Gasteiger partial charge on any atom is -0.479 e. The molecule has 88 valence electrons. The number of hydrogen-bond acceptors (Lipinski definition) is 2. The summed E-state index contributed by atoms with van der Waals surface area (Å²) in [6.07, 6.45) is 4.97. The standard InChI is InChI=1S/C12H12N2O3/c1-2-8-13-12(17)14-10(11(15)16)9-6-4-3-5-7-9/h1,3-7,10H,8H2,(H,15,16)(H2,13,14,17)/t10-/m1/s1. The third kappa shape index (κ3) is 3.87. The second-order valence-electron chi connectivity index (χ2n) is 3.21.